The number of halogens is 1. The number of methoxy groups -OCH3 is 1. The van der Waals surface area contributed by atoms with Gasteiger partial charge in [0.15, 0.2) is 0 Å². The number of aromatic amines is 1. The highest BCUT2D eigenvalue weighted by Crippen LogP contribution is 2.13. The fraction of sp³-hybridized carbons (Fsp3) is 0.273. The van der Waals surface area contributed by atoms with Crippen LogP contribution in [0, 0.1) is 0 Å². The van der Waals surface area contributed by atoms with Crippen molar-refractivity contribution in [3.05, 3.63) is 28.5 Å². The van der Waals surface area contributed by atoms with E-state index in [0.29, 0.717) is 12.0 Å². The minimum absolute atomic E-state index is 0.150. The molecule has 2 N–H and O–H groups in total. The molecule has 0 aliphatic rings. The van der Waals surface area contributed by atoms with E-state index in [1.54, 1.807) is 6.07 Å². The van der Waals surface area contributed by atoms with Gasteiger partial charge < -0.3 is 4.74 Å². The molecule has 0 saturated carbocycles. The van der Waals surface area contributed by atoms with Gasteiger partial charge in [0.05, 0.1) is 7.11 Å². The van der Waals surface area contributed by atoms with Gasteiger partial charge in [0.2, 0.25) is 5.95 Å². The van der Waals surface area contributed by atoms with Crippen molar-refractivity contribution in [1.82, 2.24) is 20.2 Å². The number of anilines is 1. The van der Waals surface area contributed by atoms with Crippen LogP contribution < -0.4 is 10.1 Å². The molecule has 0 atom stereocenters. The van der Waals surface area contributed by atoms with Crippen molar-refractivity contribution in [2.75, 3.05) is 12.4 Å². The van der Waals surface area contributed by atoms with Gasteiger partial charge in [0, 0.05) is 11.3 Å². The Labute approximate surface area is 114 Å². The summed E-state index contributed by atoms with van der Waals surface area (Å²) >= 11 is 5.86. The van der Waals surface area contributed by atoms with E-state index in [4.69, 9.17) is 16.3 Å². The van der Waals surface area contributed by atoms with Crippen molar-refractivity contribution < 1.29 is 9.53 Å². The van der Waals surface area contributed by atoms with Crippen molar-refractivity contribution in [2.24, 2.45) is 0 Å². The second-order valence-electron chi connectivity index (χ2n) is 3.65. The molecule has 0 aromatic carbocycles. The normalized spacial score (nSPS) is 10.3. The summed E-state index contributed by atoms with van der Waals surface area (Å²) in [5.41, 5.74) is 1.15. The minimum Gasteiger partial charge on any atom is -0.466 e. The molecule has 0 spiro atoms. The van der Waals surface area contributed by atoms with Crippen LogP contribution in [0.3, 0.4) is 0 Å². The summed E-state index contributed by atoms with van der Waals surface area (Å²) in [4.78, 5) is 20.0. The number of amides is 1. The summed E-state index contributed by atoms with van der Waals surface area (Å²) < 4.78 is 4.80. The van der Waals surface area contributed by atoms with Crippen LogP contribution in [-0.4, -0.2) is 33.2 Å². The third-order valence-corrected chi connectivity index (χ3v) is 2.54. The first-order valence-electron chi connectivity index (χ1n) is 5.56. The van der Waals surface area contributed by atoms with Crippen LogP contribution in [0.15, 0.2) is 12.1 Å². The number of nitrogens with one attached hydrogen (secondary N) is 2. The summed E-state index contributed by atoms with van der Waals surface area (Å²) in [6, 6.07) is 3.32. The molecule has 0 aliphatic carbocycles. The number of carbonyl (C=O) groups is 1. The number of carbonyl (C=O) groups excluding carboxylic acids is 1. The topological polar surface area (TPSA) is 92.8 Å². The molecule has 0 unspecified atom stereocenters. The first-order valence-corrected chi connectivity index (χ1v) is 5.94. The van der Waals surface area contributed by atoms with E-state index in [1.165, 1.54) is 13.2 Å². The molecule has 2 aromatic rings. The second kappa shape index (κ2) is 5.66. The summed E-state index contributed by atoms with van der Waals surface area (Å²) in [6.07, 6.45) is 0.691. The number of hydrogen-bond acceptors (Lipinski definition) is 5. The summed E-state index contributed by atoms with van der Waals surface area (Å²) in [5, 5.41) is 9.09. The van der Waals surface area contributed by atoms with Crippen molar-refractivity contribution in [1.29, 1.82) is 0 Å². The third-order valence-electron chi connectivity index (χ3n) is 2.35. The number of ether oxygens (including phenoxy) is 1. The van der Waals surface area contributed by atoms with E-state index in [9.17, 15) is 4.79 Å². The van der Waals surface area contributed by atoms with Crippen molar-refractivity contribution >= 4 is 23.5 Å². The predicted molar refractivity (Wildman–Crippen MR) is 69.5 cm³/mol. The second-order valence-corrected chi connectivity index (χ2v) is 4.04. The maximum atomic E-state index is 12.0. The van der Waals surface area contributed by atoms with E-state index in [0.717, 1.165) is 5.69 Å². The molecule has 7 nitrogen and oxygen atoms in total. The zero-order valence-corrected chi connectivity index (χ0v) is 11.2. The van der Waals surface area contributed by atoms with Crippen LogP contribution in [0.1, 0.15) is 23.0 Å². The fourth-order valence-electron chi connectivity index (χ4n) is 1.44. The lowest BCUT2D eigenvalue weighted by molar-refractivity contribution is 0.102. The quantitative estimate of drug-likeness (QED) is 0.832. The number of rotatable bonds is 4. The van der Waals surface area contributed by atoms with Gasteiger partial charge in [-0.2, -0.15) is 4.98 Å². The molecule has 0 saturated heterocycles. The van der Waals surface area contributed by atoms with Gasteiger partial charge in [-0.3, -0.25) is 10.1 Å². The lowest BCUT2D eigenvalue weighted by atomic mass is 10.2. The molecular weight excluding hydrogens is 270 g/mol. The predicted octanol–water partition coefficient (Wildman–Crippen LogP) is 1.68. The molecule has 2 rings (SSSR count). The van der Waals surface area contributed by atoms with E-state index in [2.05, 4.69) is 25.5 Å². The summed E-state index contributed by atoms with van der Waals surface area (Å²) in [6.45, 7) is 1.93. The Bertz CT molecular complexity index is 599. The number of aromatic nitrogens is 4. The van der Waals surface area contributed by atoms with Gasteiger partial charge in [0.1, 0.15) is 5.15 Å². The molecule has 0 bridgehead atoms. The van der Waals surface area contributed by atoms with Gasteiger partial charge >= 0.3 is 6.01 Å². The van der Waals surface area contributed by atoms with Crippen LogP contribution in [0.25, 0.3) is 0 Å². The lowest BCUT2D eigenvalue weighted by Gasteiger charge is -2.04. The molecule has 19 heavy (non-hydrogen) atoms. The monoisotopic (exact) mass is 281 g/mol. The van der Waals surface area contributed by atoms with Gasteiger partial charge in [0.25, 0.3) is 5.91 Å². The molecule has 0 radical (unpaired) electrons. The standard InChI is InChI=1S/C11H12ClN5O2/c1-3-7-4-6(5-8(12)13-7)9(18)14-10-15-11(19-2)17-16-10/h4-5H,3H2,1-2H3,(H2,14,15,16,17,18). The Hall–Kier alpha value is -2.15. The Morgan fingerprint density at radius 1 is 1.47 bits per heavy atom. The summed E-state index contributed by atoms with van der Waals surface area (Å²) in [5.74, 6) is -0.148. The van der Waals surface area contributed by atoms with Crippen molar-refractivity contribution in [3.8, 4) is 6.01 Å². The largest absolute Gasteiger partial charge is 0.466 e. The lowest BCUT2D eigenvalue weighted by Crippen LogP contribution is -2.13. The smallest absolute Gasteiger partial charge is 0.336 e. The zero-order chi connectivity index (χ0) is 13.8. The van der Waals surface area contributed by atoms with Gasteiger partial charge in [-0.25, -0.2) is 10.1 Å². The fourth-order valence-corrected chi connectivity index (χ4v) is 1.66. The number of nitrogens with zero attached hydrogens (tertiary/aromatic N) is 3. The maximum absolute atomic E-state index is 12.0. The van der Waals surface area contributed by atoms with E-state index in [1.807, 2.05) is 6.92 Å². The van der Waals surface area contributed by atoms with Crippen LogP contribution >= 0.6 is 11.6 Å². The third kappa shape index (κ3) is 3.19. The first kappa shape index (κ1) is 13.3. The molecule has 8 heteroatoms. The number of aryl methyl sites for hydroxylation is 1. The van der Waals surface area contributed by atoms with Crippen LogP contribution in [0.4, 0.5) is 5.95 Å². The highest BCUT2D eigenvalue weighted by molar-refractivity contribution is 6.29. The van der Waals surface area contributed by atoms with E-state index < -0.39 is 0 Å². The van der Waals surface area contributed by atoms with Crippen LogP contribution in [0.5, 0.6) is 6.01 Å². The molecule has 2 heterocycles. The average molecular weight is 282 g/mol. The summed E-state index contributed by atoms with van der Waals surface area (Å²) in [7, 11) is 1.44. The van der Waals surface area contributed by atoms with Gasteiger partial charge in [-0.15, -0.1) is 5.10 Å². The van der Waals surface area contributed by atoms with Crippen LogP contribution in [-0.2, 0) is 6.42 Å². The Morgan fingerprint density at radius 2 is 2.26 bits per heavy atom. The minimum atomic E-state index is -0.349. The first-order chi connectivity index (χ1) is 9.12. The number of pyridine rings is 1. The van der Waals surface area contributed by atoms with Crippen LogP contribution in [0.2, 0.25) is 5.15 Å². The Balaban J connectivity index is 2.17. The highest BCUT2D eigenvalue weighted by Gasteiger charge is 2.11. The van der Waals surface area contributed by atoms with E-state index >= 15 is 0 Å². The highest BCUT2D eigenvalue weighted by atomic mass is 35.5. The Kier molecular flexibility index (Phi) is 3.96. The van der Waals surface area contributed by atoms with Gasteiger partial charge in [-0.05, 0) is 18.6 Å². The average Bonchev–Trinajstić information content (AvgIpc) is 2.85. The van der Waals surface area contributed by atoms with Gasteiger partial charge in [-0.1, -0.05) is 18.5 Å². The van der Waals surface area contributed by atoms with E-state index in [-0.39, 0.29) is 23.0 Å². The number of hydrogen-bond donors (Lipinski definition) is 2. The SMILES string of the molecule is CCc1cc(C(=O)Nc2nc(OC)n[nH]2)cc(Cl)n1. The molecule has 0 aliphatic heterocycles. The molecular formula is C11H12ClN5O2. The van der Waals surface area contributed by atoms with Crippen molar-refractivity contribution in [3.63, 3.8) is 0 Å². The Morgan fingerprint density at radius 3 is 2.89 bits per heavy atom. The zero-order valence-electron chi connectivity index (χ0n) is 10.4. The number of H-pyrrole nitrogens is 1. The maximum Gasteiger partial charge on any atom is 0.336 e. The van der Waals surface area contributed by atoms with Crippen molar-refractivity contribution in [2.45, 2.75) is 13.3 Å². The molecule has 100 valence electrons. The molecule has 0 fully saturated rings. The molecule has 1 amide bonds. The molecule has 2 aromatic heterocycles.